The van der Waals surface area contributed by atoms with Gasteiger partial charge in [-0.25, -0.2) is 9.97 Å². The molecule has 2 aliphatic heterocycles. The van der Waals surface area contributed by atoms with Gasteiger partial charge in [-0.15, -0.1) is 0 Å². The molecule has 2 aliphatic carbocycles. The molecular weight excluding hydrogens is 602 g/mol. The van der Waals surface area contributed by atoms with Crippen molar-refractivity contribution in [1.29, 1.82) is 0 Å². The molecule has 2 N–H and O–H groups in total. The first-order chi connectivity index (χ1) is 22.3. The molecule has 3 aromatic heterocycles. The van der Waals surface area contributed by atoms with E-state index in [0.717, 1.165) is 34.7 Å². The van der Waals surface area contributed by atoms with Crippen LogP contribution in [0, 0.1) is 5.92 Å². The van der Waals surface area contributed by atoms with Crippen LogP contribution in [0.3, 0.4) is 0 Å². The van der Waals surface area contributed by atoms with Gasteiger partial charge in [-0.3, -0.25) is 19.6 Å². The first-order valence-electron chi connectivity index (χ1n) is 16.8. The molecule has 0 aromatic carbocycles. The highest BCUT2D eigenvalue weighted by molar-refractivity contribution is 7.19. The van der Waals surface area contributed by atoms with E-state index < -0.39 is 0 Å². The molecule has 0 atom stereocenters. The Morgan fingerprint density at radius 3 is 2.50 bits per heavy atom. The molecular formula is C34H47N7O4S. The van der Waals surface area contributed by atoms with Crippen LogP contribution < -0.4 is 14.8 Å². The maximum atomic E-state index is 12.7. The lowest BCUT2D eigenvalue weighted by Crippen LogP contribution is -2.51. The van der Waals surface area contributed by atoms with Crippen molar-refractivity contribution in [3.05, 3.63) is 24.0 Å². The zero-order valence-electron chi connectivity index (χ0n) is 27.6. The van der Waals surface area contributed by atoms with E-state index in [1.54, 1.807) is 19.4 Å². The second-order valence-electron chi connectivity index (χ2n) is 13.3. The largest absolute Gasteiger partial charge is 0.483 e. The van der Waals surface area contributed by atoms with Crippen molar-refractivity contribution in [3.8, 4) is 33.5 Å². The number of anilines is 1. The second-order valence-corrected chi connectivity index (χ2v) is 14.3. The Balaban J connectivity index is 0.000000162. The fourth-order valence-electron chi connectivity index (χ4n) is 7.45. The number of nitrogens with one attached hydrogen (secondary N) is 2. The highest BCUT2D eigenvalue weighted by Gasteiger charge is 2.39. The number of amides is 2. The average molecular weight is 650 g/mol. The summed E-state index contributed by atoms with van der Waals surface area (Å²) in [6, 6.07) is 4.13. The van der Waals surface area contributed by atoms with Gasteiger partial charge in [-0.05, 0) is 77.4 Å². The summed E-state index contributed by atoms with van der Waals surface area (Å²) in [4.78, 5) is 38.3. The standard InChI is InChI=1S/C19H34N2O.C15H13N5O3S/c1-19(21-14-6-7-15-21)12-10-17(11-13-19)20(2)18(22)16-8-4-3-5-9-16;1-7(21)17-15-18-9-6-23-13-11(19-20-12(13)14(9)24-15)8-3-4-10(22-2)16-5-8/h16-17H,3-15H2,1-2H3;3-5H,6H2,1-2H3,(H,19,20)(H,17,18,21). The zero-order valence-corrected chi connectivity index (χ0v) is 28.4. The summed E-state index contributed by atoms with van der Waals surface area (Å²) in [6.07, 6.45) is 15.4. The van der Waals surface area contributed by atoms with E-state index >= 15 is 0 Å². The number of carbonyl (C=O) groups excluding carboxylic acids is 2. The van der Waals surface area contributed by atoms with Gasteiger partial charge in [0.25, 0.3) is 0 Å². The third-order valence-electron chi connectivity index (χ3n) is 10.3. The smallest absolute Gasteiger partial charge is 0.225 e. The van der Waals surface area contributed by atoms with Crippen LogP contribution in [0.15, 0.2) is 18.3 Å². The van der Waals surface area contributed by atoms with Crippen molar-refractivity contribution in [2.45, 2.75) is 103 Å². The Morgan fingerprint density at radius 2 is 1.85 bits per heavy atom. The molecule has 0 spiro atoms. The van der Waals surface area contributed by atoms with E-state index in [0.29, 0.717) is 52.5 Å². The summed E-state index contributed by atoms with van der Waals surface area (Å²) in [5.74, 6) is 1.80. The molecule has 3 aromatic rings. The topological polar surface area (TPSA) is 126 Å². The van der Waals surface area contributed by atoms with Crippen LogP contribution in [0.25, 0.3) is 21.8 Å². The SMILES string of the molecule is CN(C(=O)C1CCCCC1)C1CCC(C)(N2CCCC2)CC1.COc1ccc(-c2n[nH]c3c2OCc2nc(NC(C)=O)sc2-3)cn1. The number of rotatable bonds is 6. The Labute approximate surface area is 275 Å². The monoisotopic (exact) mass is 649 g/mol. The first-order valence-corrected chi connectivity index (χ1v) is 17.6. The van der Waals surface area contributed by atoms with Crippen molar-refractivity contribution in [2.75, 3.05) is 32.6 Å². The van der Waals surface area contributed by atoms with Crippen molar-refractivity contribution >= 4 is 28.3 Å². The number of fused-ring (bicyclic) bond motifs is 3. The minimum Gasteiger partial charge on any atom is -0.483 e. The number of thiazole rings is 1. The number of methoxy groups -OCH3 is 1. The van der Waals surface area contributed by atoms with Gasteiger partial charge in [0.1, 0.15) is 23.7 Å². The van der Waals surface area contributed by atoms with Gasteiger partial charge in [0.2, 0.25) is 17.7 Å². The lowest BCUT2D eigenvalue weighted by molar-refractivity contribution is -0.138. The van der Waals surface area contributed by atoms with Gasteiger partial charge < -0.3 is 19.7 Å². The van der Waals surface area contributed by atoms with Crippen molar-refractivity contribution in [2.24, 2.45) is 5.92 Å². The molecule has 46 heavy (non-hydrogen) atoms. The lowest BCUT2D eigenvalue weighted by atomic mass is 9.78. The Bertz CT molecular complexity index is 1500. The molecule has 2 amide bonds. The number of hydrogen-bond donors (Lipinski definition) is 2. The van der Waals surface area contributed by atoms with Gasteiger partial charge in [0.05, 0.1) is 12.0 Å². The maximum Gasteiger partial charge on any atom is 0.225 e. The van der Waals surface area contributed by atoms with E-state index in [4.69, 9.17) is 9.47 Å². The maximum absolute atomic E-state index is 12.7. The number of ether oxygens (including phenoxy) is 2. The Kier molecular flexibility index (Phi) is 9.93. The molecule has 0 bridgehead atoms. The lowest BCUT2D eigenvalue weighted by Gasteiger charge is -2.46. The number of nitrogens with zero attached hydrogens (tertiary/aromatic N) is 5. The van der Waals surface area contributed by atoms with Crippen LogP contribution in [-0.4, -0.2) is 80.6 Å². The molecule has 5 heterocycles. The summed E-state index contributed by atoms with van der Waals surface area (Å²) in [5, 5.41) is 10.6. The molecule has 7 rings (SSSR count). The number of carbonyl (C=O) groups is 2. The summed E-state index contributed by atoms with van der Waals surface area (Å²) < 4.78 is 10.9. The minimum atomic E-state index is -0.156. The normalized spacial score (nSPS) is 22.9. The molecule has 4 aliphatic rings. The molecule has 248 valence electrons. The van der Waals surface area contributed by atoms with Crippen molar-refractivity contribution in [1.82, 2.24) is 30.0 Å². The van der Waals surface area contributed by atoms with Gasteiger partial charge in [-0.2, -0.15) is 5.10 Å². The van der Waals surface area contributed by atoms with Crippen molar-refractivity contribution in [3.63, 3.8) is 0 Å². The number of aromatic amines is 1. The average Bonchev–Trinajstić information content (AvgIpc) is 3.85. The molecule has 3 fully saturated rings. The van der Waals surface area contributed by atoms with E-state index in [1.165, 1.54) is 89.1 Å². The fraction of sp³-hybridized carbons (Fsp3) is 0.618. The van der Waals surface area contributed by atoms with Gasteiger partial charge in [-0.1, -0.05) is 30.6 Å². The second kappa shape index (κ2) is 14.1. The van der Waals surface area contributed by atoms with E-state index in [9.17, 15) is 9.59 Å². The predicted octanol–water partition coefficient (Wildman–Crippen LogP) is 6.28. The van der Waals surface area contributed by atoms with Crippen molar-refractivity contribution < 1.29 is 19.1 Å². The van der Waals surface area contributed by atoms with Crippen LogP contribution in [0.4, 0.5) is 5.13 Å². The Hall–Kier alpha value is -3.51. The number of H-pyrrole nitrogens is 1. The minimum absolute atomic E-state index is 0.156. The van der Waals surface area contributed by atoms with Gasteiger partial charge >= 0.3 is 0 Å². The van der Waals surface area contributed by atoms with Gasteiger partial charge in [0, 0.05) is 49.3 Å². The van der Waals surface area contributed by atoms with Crippen LogP contribution in [-0.2, 0) is 16.2 Å². The molecule has 1 saturated heterocycles. The highest BCUT2D eigenvalue weighted by Crippen LogP contribution is 2.45. The third-order valence-corrected chi connectivity index (χ3v) is 11.3. The number of aromatic nitrogens is 4. The number of likely N-dealkylation sites (tertiary alicyclic amines) is 1. The molecule has 0 radical (unpaired) electrons. The number of pyridine rings is 1. The van der Waals surface area contributed by atoms with Gasteiger partial charge in [0.15, 0.2) is 10.9 Å². The molecule has 11 nitrogen and oxygen atoms in total. The molecule has 12 heteroatoms. The van der Waals surface area contributed by atoms with Crippen LogP contribution in [0.5, 0.6) is 11.6 Å². The summed E-state index contributed by atoms with van der Waals surface area (Å²) in [5.41, 5.74) is 3.45. The summed E-state index contributed by atoms with van der Waals surface area (Å²) >= 11 is 1.39. The van der Waals surface area contributed by atoms with Crippen LogP contribution >= 0.6 is 11.3 Å². The summed E-state index contributed by atoms with van der Waals surface area (Å²) in [7, 11) is 3.64. The molecule has 0 unspecified atom stereocenters. The van der Waals surface area contributed by atoms with E-state index in [1.807, 2.05) is 6.07 Å². The summed E-state index contributed by atoms with van der Waals surface area (Å²) in [6.45, 7) is 6.81. The number of hydrogen-bond acceptors (Lipinski definition) is 9. The first kappa shape index (κ1) is 32.4. The van der Waals surface area contributed by atoms with Crippen LogP contribution in [0.1, 0.15) is 90.2 Å². The predicted molar refractivity (Wildman–Crippen MR) is 179 cm³/mol. The van der Waals surface area contributed by atoms with E-state index in [2.05, 4.69) is 49.3 Å². The van der Waals surface area contributed by atoms with Crippen LogP contribution in [0.2, 0.25) is 0 Å². The Morgan fingerprint density at radius 1 is 1.11 bits per heavy atom. The third kappa shape index (κ3) is 6.92. The highest BCUT2D eigenvalue weighted by atomic mass is 32.1. The quantitative estimate of drug-likeness (QED) is 0.320. The molecule has 2 saturated carbocycles. The zero-order chi connectivity index (χ0) is 32.3. The van der Waals surface area contributed by atoms with E-state index in [-0.39, 0.29) is 5.91 Å². The fourth-order valence-corrected chi connectivity index (χ4v) is 8.46.